The minimum atomic E-state index is -0.214. The van der Waals surface area contributed by atoms with Crippen LogP contribution in [0.1, 0.15) is 29.6 Å². The van der Waals surface area contributed by atoms with Crippen molar-refractivity contribution in [2.75, 3.05) is 6.54 Å². The zero-order chi connectivity index (χ0) is 11.4. The molecule has 1 atom stereocenters. The molecule has 1 amide bonds. The van der Waals surface area contributed by atoms with E-state index >= 15 is 0 Å². The first kappa shape index (κ1) is 11.0. The van der Waals surface area contributed by atoms with Gasteiger partial charge in [-0.15, -0.1) is 0 Å². The van der Waals surface area contributed by atoms with E-state index in [0.717, 1.165) is 19.3 Å². The summed E-state index contributed by atoms with van der Waals surface area (Å²) in [6, 6.07) is 7.29. The van der Waals surface area contributed by atoms with E-state index in [9.17, 15) is 4.79 Å². The van der Waals surface area contributed by atoms with Crippen molar-refractivity contribution in [2.24, 2.45) is 5.73 Å². The summed E-state index contributed by atoms with van der Waals surface area (Å²) in [5.74, 6) is 0.614. The molecule has 0 radical (unpaired) electrons. The summed E-state index contributed by atoms with van der Waals surface area (Å²) in [4.78, 5) is 11.7. The Hall–Kier alpha value is -1.55. The fourth-order valence-electron chi connectivity index (χ4n) is 1.77. The average molecular weight is 220 g/mol. The molecule has 1 aliphatic rings. The maximum absolute atomic E-state index is 11.7. The van der Waals surface area contributed by atoms with Crippen LogP contribution < -0.4 is 15.8 Å². The van der Waals surface area contributed by atoms with Crippen LogP contribution in [-0.2, 0) is 0 Å². The molecule has 1 unspecified atom stereocenters. The lowest BCUT2D eigenvalue weighted by molar-refractivity contribution is 0.0735. The fraction of sp³-hybridized carbons (Fsp3) is 0.417. The molecule has 0 fully saturated rings. The van der Waals surface area contributed by atoms with Crippen LogP contribution in [0, 0.1) is 0 Å². The van der Waals surface area contributed by atoms with E-state index in [1.165, 1.54) is 0 Å². The Balaban J connectivity index is 2.01. The largest absolute Gasteiger partial charge is 0.470 e. The SMILES string of the molecule is NCCCCC1NC(=O)c2ccccc2O1. The molecule has 0 spiro atoms. The van der Waals surface area contributed by atoms with E-state index in [1.807, 2.05) is 18.2 Å². The number of rotatable bonds is 4. The second kappa shape index (κ2) is 4.99. The number of carbonyl (C=O) groups excluding carboxylic acids is 1. The van der Waals surface area contributed by atoms with Gasteiger partial charge in [0.25, 0.3) is 5.91 Å². The van der Waals surface area contributed by atoms with E-state index in [0.29, 0.717) is 17.9 Å². The Labute approximate surface area is 94.8 Å². The van der Waals surface area contributed by atoms with Crippen molar-refractivity contribution in [3.05, 3.63) is 29.8 Å². The highest BCUT2D eigenvalue weighted by molar-refractivity contribution is 5.97. The topological polar surface area (TPSA) is 64.3 Å². The van der Waals surface area contributed by atoms with Crippen molar-refractivity contribution < 1.29 is 9.53 Å². The lowest BCUT2D eigenvalue weighted by Gasteiger charge is -2.26. The maximum atomic E-state index is 11.7. The number of amides is 1. The van der Waals surface area contributed by atoms with Gasteiger partial charge in [-0.25, -0.2) is 0 Å². The predicted molar refractivity (Wildman–Crippen MR) is 61.2 cm³/mol. The molecule has 0 bridgehead atoms. The number of benzene rings is 1. The third-order valence-corrected chi connectivity index (χ3v) is 2.61. The highest BCUT2D eigenvalue weighted by Gasteiger charge is 2.24. The first-order valence-corrected chi connectivity index (χ1v) is 5.58. The third-order valence-electron chi connectivity index (χ3n) is 2.61. The van der Waals surface area contributed by atoms with Gasteiger partial charge in [-0.2, -0.15) is 0 Å². The number of nitrogens with two attached hydrogens (primary N) is 1. The molecule has 0 saturated carbocycles. The molecule has 1 aromatic carbocycles. The quantitative estimate of drug-likeness (QED) is 0.751. The summed E-state index contributed by atoms with van der Waals surface area (Å²) < 4.78 is 5.68. The van der Waals surface area contributed by atoms with Gasteiger partial charge in [0.2, 0.25) is 0 Å². The van der Waals surface area contributed by atoms with Crippen LogP contribution in [0.25, 0.3) is 0 Å². The molecular formula is C12H16N2O2. The van der Waals surface area contributed by atoms with Crippen LogP contribution in [0.3, 0.4) is 0 Å². The first-order chi connectivity index (χ1) is 7.81. The van der Waals surface area contributed by atoms with Gasteiger partial charge in [-0.1, -0.05) is 12.1 Å². The van der Waals surface area contributed by atoms with Crippen molar-refractivity contribution in [1.82, 2.24) is 5.32 Å². The maximum Gasteiger partial charge on any atom is 0.257 e. The van der Waals surface area contributed by atoms with Crippen molar-refractivity contribution >= 4 is 5.91 Å². The number of hydrogen-bond acceptors (Lipinski definition) is 3. The second-order valence-corrected chi connectivity index (χ2v) is 3.86. The number of carbonyl (C=O) groups is 1. The molecule has 1 aliphatic heterocycles. The normalized spacial score (nSPS) is 18.6. The number of nitrogens with one attached hydrogen (secondary N) is 1. The van der Waals surface area contributed by atoms with Crippen molar-refractivity contribution in [3.8, 4) is 5.75 Å². The number of ether oxygens (including phenoxy) is 1. The van der Waals surface area contributed by atoms with Gasteiger partial charge in [-0.05, 0) is 31.5 Å². The Morgan fingerprint density at radius 1 is 1.31 bits per heavy atom. The van der Waals surface area contributed by atoms with E-state index in [1.54, 1.807) is 6.07 Å². The zero-order valence-electron chi connectivity index (χ0n) is 9.11. The van der Waals surface area contributed by atoms with E-state index in [-0.39, 0.29) is 12.1 Å². The Morgan fingerprint density at radius 3 is 2.94 bits per heavy atom. The highest BCUT2D eigenvalue weighted by Crippen LogP contribution is 2.23. The monoisotopic (exact) mass is 220 g/mol. The van der Waals surface area contributed by atoms with Crippen LogP contribution in [-0.4, -0.2) is 18.7 Å². The molecule has 0 aromatic heterocycles. The standard InChI is InChI=1S/C12H16N2O2/c13-8-4-3-7-11-14-12(15)9-5-1-2-6-10(9)16-11/h1-2,5-6,11H,3-4,7-8,13H2,(H,14,15). The van der Waals surface area contributed by atoms with Crippen LogP contribution in [0.15, 0.2) is 24.3 Å². The van der Waals surface area contributed by atoms with Crippen molar-refractivity contribution in [3.63, 3.8) is 0 Å². The van der Waals surface area contributed by atoms with Crippen molar-refractivity contribution in [2.45, 2.75) is 25.5 Å². The number of para-hydroxylation sites is 1. The summed E-state index contributed by atoms with van der Waals surface area (Å²) in [6.45, 7) is 0.678. The van der Waals surface area contributed by atoms with Gasteiger partial charge in [0.15, 0.2) is 6.23 Å². The Kier molecular flexibility index (Phi) is 3.41. The molecule has 4 heteroatoms. The van der Waals surface area contributed by atoms with E-state index < -0.39 is 0 Å². The number of unbranched alkanes of at least 4 members (excludes halogenated alkanes) is 1. The van der Waals surface area contributed by atoms with Crippen LogP contribution >= 0.6 is 0 Å². The Morgan fingerprint density at radius 2 is 2.12 bits per heavy atom. The predicted octanol–water partition coefficient (Wildman–Crippen LogP) is 1.26. The van der Waals surface area contributed by atoms with Gasteiger partial charge in [0.05, 0.1) is 5.56 Å². The summed E-state index contributed by atoms with van der Waals surface area (Å²) in [7, 11) is 0. The summed E-state index contributed by atoms with van der Waals surface area (Å²) in [5.41, 5.74) is 6.03. The zero-order valence-corrected chi connectivity index (χ0v) is 9.11. The molecule has 0 aliphatic carbocycles. The van der Waals surface area contributed by atoms with Crippen molar-refractivity contribution in [1.29, 1.82) is 0 Å². The lowest BCUT2D eigenvalue weighted by atomic mass is 10.1. The molecule has 0 saturated heterocycles. The second-order valence-electron chi connectivity index (χ2n) is 3.86. The fourth-order valence-corrected chi connectivity index (χ4v) is 1.77. The smallest absolute Gasteiger partial charge is 0.257 e. The third kappa shape index (κ3) is 2.33. The van der Waals surface area contributed by atoms with E-state index in [4.69, 9.17) is 10.5 Å². The molecule has 3 N–H and O–H groups in total. The summed E-state index contributed by atoms with van der Waals surface area (Å²) in [5, 5.41) is 2.83. The number of fused-ring (bicyclic) bond motifs is 1. The molecular weight excluding hydrogens is 204 g/mol. The van der Waals surface area contributed by atoms with Gasteiger partial charge >= 0.3 is 0 Å². The molecule has 16 heavy (non-hydrogen) atoms. The average Bonchev–Trinajstić information content (AvgIpc) is 2.30. The van der Waals surface area contributed by atoms with Crippen LogP contribution in [0.2, 0.25) is 0 Å². The van der Waals surface area contributed by atoms with Gasteiger partial charge in [-0.3, -0.25) is 4.79 Å². The molecule has 2 rings (SSSR count). The Bertz CT molecular complexity index is 379. The molecule has 4 nitrogen and oxygen atoms in total. The van der Waals surface area contributed by atoms with Crippen LogP contribution in [0.5, 0.6) is 5.75 Å². The van der Waals surface area contributed by atoms with Gasteiger partial charge < -0.3 is 15.8 Å². The molecule has 1 heterocycles. The minimum absolute atomic E-state index is 0.0559. The highest BCUT2D eigenvalue weighted by atomic mass is 16.5. The summed E-state index contributed by atoms with van der Waals surface area (Å²) in [6.07, 6.45) is 2.51. The molecule has 86 valence electrons. The minimum Gasteiger partial charge on any atom is -0.470 e. The first-order valence-electron chi connectivity index (χ1n) is 5.58. The van der Waals surface area contributed by atoms with Gasteiger partial charge in [0, 0.05) is 6.42 Å². The lowest BCUT2D eigenvalue weighted by Crippen LogP contribution is -2.43. The van der Waals surface area contributed by atoms with Crippen LogP contribution in [0.4, 0.5) is 0 Å². The molecule has 1 aromatic rings. The number of hydrogen-bond donors (Lipinski definition) is 2. The summed E-state index contributed by atoms with van der Waals surface area (Å²) >= 11 is 0. The van der Waals surface area contributed by atoms with E-state index in [2.05, 4.69) is 5.32 Å². The van der Waals surface area contributed by atoms with Gasteiger partial charge in [0.1, 0.15) is 5.75 Å².